The Bertz CT molecular complexity index is 434. The Kier molecular flexibility index (Phi) is 4.96. The maximum Gasteiger partial charge on any atom is 0.238 e. The van der Waals surface area contributed by atoms with Gasteiger partial charge in [-0.05, 0) is 37.1 Å². The second-order valence-electron chi connectivity index (χ2n) is 4.03. The molecule has 96 valence electrons. The predicted octanol–water partition coefficient (Wildman–Crippen LogP) is 1.96. The Morgan fingerprint density at radius 2 is 1.53 bits per heavy atom. The summed E-state index contributed by atoms with van der Waals surface area (Å²) in [7, 11) is -3.59. The van der Waals surface area contributed by atoms with Crippen molar-refractivity contribution < 1.29 is 8.42 Å². The third-order valence-corrected chi connectivity index (χ3v) is 3.45. The highest BCUT2D eigenvalue weighted by Crippen LogP contribution is 2.17. The van der Waals surface area contributed by atoms with Crippen molar-refractivity contribution in [1.82, 2.24) is 0 Å². The molecule has 4 nitrogen and oxygen atoms in total. The highest BCUT2D eigenvalue weighted by molar-refractivity contribution is 7.89. The van der Waals surface area contributed by atoms with Gasteiger partial charge in [0.2, 0.25) is 10.0 Å². The molecular weight excluding hydrogens is 236 g/mol. The van der Waals surface area contributed by atoms with E-state index in [4.69, 9.17) is 5.14 Å². The molecule has 0 aliphatic carbocycles. The molecule has 5 heteroatoms. The van der Waals surface area contributed by atoms with E-state index in [1.165, 1.54) is 0 Å². The van der Waals surface area contributed by atoms with Crippen LogP contribution in [0.4, 0.5) is 5.69 Å². The van der Waals surface area contributed by atoms with Gasteiger partial charge >= 0.3 is 0 Å². The van der Waals surface area contributed by atoms with Crippen LogP contribution in [0, 0.1) is 0 Å². The molecule has 1 rings (SSSR count). The van der Waals surface area contributed by atoms with E-state index in [-0.39, 0.29) is 4.90 Å². The number of sulfonamides is 1. The van der Waals surface area contributed by atoms with E-state index in [1.807, 2.05) is 12.1 Å². The number of hydrogen-bond acceptors (Lipinski definition) is 3. The number of primary sulfonamides is 1. The minimum atomic E-state index is -3.59. The maximum absolute atomic E-state index is 11.1. The van der Waals surface area contributed by atoms with E-state index in [9.17, 15) is 8.42 Å². The quantitative estimate of drug-likeness (QED) is 0.846. The summed E-state index contributed by atoms with van der Waals surface area (Å²) in [6.07, 6.45) is 2.13. The van der Waals surface area contributed by atoms with Gasteiger partial charge in [-0.15, -0.1) is 0 Å². The van der Waals surface area contributed by atoms with Crippen molar-refractivity contribution in [3.8, 4) is 0 Å². The van der Waals surface area contributed by atoms with Crippen LogP contribution in [-0.2, 0) is 10.0 Å². The number of nitrogens with two attached hydrogens (primary N) is 1. The van der Waals surface area contributed by atoms with Crippen LogP contribution >= 0.6 is 0 Å². The fraction of sp³-hybridized carbons (Fsp3) is 0.500. The highest BCUT2D eigenvalue weighted by atomic mass is 32.2. The molecule has 0 bridgehead atoms. The Labute approximate surface area is 103 Å². The topological polar surface area (TPSA) is 63.4 Å². The zero-order valence-electron chi connectivity index (χ0n) is 10.4. The van der Waals surface area contributed by atoms with Crippen LogP contribution in [0.5, 0.6) is 0 Å². The zero-order chi connectivity index (χ0) is 12.9. The van der Waals surface area contributed by atoms with Crippen molar-refractivity contribution in [2.75, 3.05) is 18.0 Å². The van der Waals surface area contributed by atoms with Crippen LogP contribution in [0.2, 0.25) is 0 Å². The summed E-state index contributed by atoms with van der Waals surface area (Å²) < 4.78 is 22.3. The molecule has 2 N–H and O–H groups in total. The van der Waals surface area contributed by atoms with Crippen molar-refractivity contribution in [1.29, 1.82) is 0 Å². The number of anilines is 1. The molecule has 1 aromatic carbocycles. The lowest BCUT2D eigenvalue weighted by Crippen LogP contribution is -2.24. The van der Waals surface area contributed by atoms with Gasteiger partial charge in [-0.2, -0.15) is 0 Å². The second kappa shape index (κ2) is 6.02. The molecule has 17 heavy (non-hydrogen) atoms. The molecule has 0 atom stereocenters. The third-order valence-electron chi connectivity index (χ3n) is 2.52. The molecule has 0 unspecified atom stereocenters. The first-order chi connectivity index (χ1) is 7.99. The van der Waals surface area contributed by atoms with Gasteiger partial charge in [-0.3, -0.25) is 0 Å². The molecule has 0 amide bonds. The van der Waals surface area contributed by atoms with Gasteiger partial charge in [-0.1, -0.05) is 13.8 Å². The molecule has 0 saturated carbocycles. The molecule has 0 aliphatic heterocycles. The van der Waals surface area contributed by atoms with Gasteiger partial charge in [0.1, 0.15) is 0 Å². The molecule has 0 fully saturated rings. The predicted molar refractivity (Wildman–Crippen MR) is 70.6 cm³/mol. The molecule has 1 aromatic rings. The first-order valence-corrected chi connectivity index (χ1v) is 7.41. The van der Waals surface area contributed by atoms with E-state index >= 15 is 0 Å². The van der Waals surface area contributed by atoms with E-state index in [0.29, 0.717) is 0 Å². The second-order valence-corrected chi connectivity index (χ2v) is 5.59. The normalized spacial score (nSPS) is 11.5. The lowest BCUT2D eigenvalue weighted by Gasteiger charge is -2.23. The SMILES string of the molecule is CCCN(CCC)c1ccc(S(N)(=O)=O)cc1. The fourth-order valence-corrected chi connectivity index (χ4v) is 2.27. The van der Waals surface area contributed by atoms with Gasteiger partial charge in [0, 0.05) is 18.8 Å². The van der Waals surface area contributed by atoms with Crippen molar-refractivity contribution >= 4 is 15.7 Å². The molecule has 0 saturated heterocycles. The van der Waals surface area contributed by atoms with Gasteiger partial charge in [-0.25, -0.2) is 13.6 Å². The molecule has 0 heterocycles. The Balaban J connectivity index is 2.91. The monoisotopic (exact) mass is 256 g/mol. The van der Waals surface area contributed by atoms with Crippen molar-refractivity contribution in [2.24, 2.45) is 5.14 Å². The van der Waals surface area contributed by atoms with Gasteiger partial charge in [0.25, 0.3) is 0 Å². The average molecular weight is 256 g/mol. The molecule has 0 spiro atoms. The first-order valence-electron chi connectivity index (χ1n) is 5.86. The lowest BCUT2D eigenvalue weighted by atomic mass is 10.2. The summed E-state index contributed by atoms with van der Waals surface area (Å²) in [5.41, 5.74) is 1.04. The van der Waals surface area contributed by atoms with Crippen molar-refractivity contribution in [3.63, 3.8) is 0 Å². The summed E-state index contributed by atoms with van der Waals surface area (Å²) in [5, 5.41) is 5.06. The Hall–Kier alpha value is -1.07. The van der Waals surface area contributed by atoms with E-state index in [2.05, 4.69) is 18.7 Å². The molecule has 0 aliphatic rings. The van der Waals surface area contributed by atoms with Gasteiger partial charge in [0.05, 0.1) is 4.90 Å². The highest BCUT2D eigenvalue weighted by Gasteiger charge is 2.09. The van der Waals surface area contributed by atoms with E-state index in [0.717, 1.165) is 31.6 Å². The summed E-state index contributed by atoms with van der Waals surface area (Å²) in [6, 6.07) is 6.74. The number of benzene rings is 1. The number of nitrogens with zero attached hydrogens (tertiary/aromatic N) is 1. The third kappa shape index (κ3) is 4.02. The summed E-state index contributed by atoms with van der Waals surface area (Å²) in [6.45, 7) is 6.20. The van der Waals surface area contributed by atoms with Crippen LogP contribution in [0.25, 0.3) is 0 Å². The summed E-state index contributed by atoms with van der Waals surface area (Å²) in [4.78, 5) is 2.40. The van der Waals surface area contributed by atoms with Crippen LogP contribution in [0.3, 0.4) is 0 Å². The first kappa shape index (κ1) is 14.0. The molecule has 0 radical (unpaired) electrons. The minimum absolute atomic E-state index is 0.161. The molecular formula is C12H20N2O2S. The van der Waals surface area contributed by atoms with Crippen LogP contribution < -0.4 is 10.0 Å². The van der Waals surface area contributed by atoms with Gasteiger partial charge in [0.15, 0.2) is 0 Å². The average Bonchev–Trinajstić information content (AvgIpc) is 2.28. The van der Waals surface area contributed by atoms with Crippen LogP contribution in [-0.4, -0.2) is 21.5 Å². The zero-order valence-corrected chi connectivity index (χ0v) is 11.2. The Morgan fingerprint density at radius 3 is 1.88 bits per heavy atom. The van der Waals surface area contributed by atoms with E-state index in [1.54, 1.807) is 12.1 Å². The number of rotatable bonds is 6. The van der Waals surface area contributed by atoms with Gasteiger partial charge < -0.3 is 4.90 Å². The minimum Gasteiger partial charge on any atom is -0.372 e. The standard InChI is InChI=1S/C12H20N2O2S/c1-3-9-14(10-4-2)11-5-7-12(8-6-11)17(13,15)16/h5-8H,3-4,9-10H2,1-2H3,(H2,13,15,16). The summed E-state index contributed by atoms with van der Waals surface area (Å²) >= 11 is 0. The largest absolute Gasteiger partial charge is 0.372 e. The summed E-state index contributed by atoms with van der Waals surface area (Å²) in [5.74, 6) is 0. The van der Waals surface area contributed by atoms with Crippen LogP contribution in [0.15, 0.2) is 29.2 Å². The molecule has 0 aromatic heterocycles. The Morgan fingerprint density at radius 1 is 1.06 bits per heavy atom. The smallest absolute Gasteiger partial charge is 0.238 e. The lowest BCUT2D eigenvalue weighted by molar-refractivity contribution is 0.598. The van der Waals surface area contributed by atoms with Crippen molar-refractivity contribution in [3.05, 3.63) is 24.3 Å². The van der Waals surface area contributed by atoms with Crippen molar-refractivity contribution in [2.45, 2.75) is 31.6 Å². The van der Waals surface area contributed by atoms with Crippen LogP contribution in [0.1, 0.15) is 26.7 Å². The number of hydrogen-bond donors (Lipinski definition) is 1. The maximum atomic E-state index is 11.1. The van der Waals surface area contributed by atoms with E-state index < -0.39 is 10.0 Å². The fourth-order valence-electron chi connectivity index (χ4n) is 1.76.